The van der Waals surface area contributed by atoms with Crippen LogP contribution in [0.2, 0.25) is 0 Å². The van der Waals surface area contributed by atoms with Crippen molar-refractivity contribution < 1.29 is 4.79 Å². The van der Waals surface area contributed by atoms with Crippen LogP contribution in [0.15, 0.2) is 30.3 Å². The molecule has 1 aliphatic carbocycles. The number of carbonyl (C=O) groups is 1. The Morgan fingerprint density at radius 1 is 1.39 bits per heavy atom. The van der Waals surface area contributed by atoms with Crippen molar-refractivity contribution in [3.8, 4) is 6.07 Å². The number of carbonyl (C=O) groups excluding carboxylic acids is 1. The van der Waals surface area contributed by atoms with E-state index in [9.17, 15) is 4.79 Å². The van der Waals surface area contributed by atoms with Crippen molar-refractivity contribution in [2.75, 3.05) is 18.4 Å². The lowest BCUT2D eigenvalue weighted by atomic mass is 10.3. The Morgan fingerprint density at radius 3 is 2.72 bits per heavy atom. The first-order valence-electron chi connectivity index (χ1n) is 6.26. The average Bonchev–Trinajstić information content (AvgIpc) is 3.22. The minimum absolute atomic E-state index is 0.0802. The van der Waals surface area contributed by atoms with Gasteiger partial charge < -0.3 is 10.2 Å². The van der Waals surface area contributed by atoms with Gasteiger partial charge in [-0.05, 0) is 25.0 Å². The van der Waals surface area contributed by atoms with Gasteiger partial charge in [0.25, 0.3) is 0 Å². The fourth-order valence-corrected chi connectivity index (χ4v) is 1.90. The van der Waals surface area contributed by atoms with Crippen LogP contribution < -0.4 is 5.32 Å². The Balaban J connectivity index is 1.84. The third kappa shape index (κ3) is 3.49. The van der Waals surface area contributed by atoms with E-state index in [0.29, 0.717) is 25.6 Å². The van der Waals surface area contributed by atoms with Crippen LogP contribution in [0, 0.1) is 11.3 Å². The Morgan fingerprint density at radius 2 is 2.11 bits per heavy atom. The van der Waals surface area contributed by atoms with Crippen molar-refractivity contribution in [2.45, 2.75) is 25.3 Å². The SMILES string of the molecule is N#CCCN(C(=O)CNc1ccccc1)C1CC1. The number of amides is 1. The molecule has 0 bridgehead atoms. The molecule has 1 fully saturated rings. The zero-order chi connectivity index (χ0) is 12.8. The second-order valence-electron chi connectivity index (χ2n) is 4.45. The summed E-state index contributed by atoms with van der Waals surface area (Å²) in [5.41, 5.74) is 0.946. The number of rotatable bonds is 6. The van der Waals surface area contributed by atoms with Crippen LogP contribution in [-0.2, 0) is 4.79 Å². The molecule has 0 heterocycles. The molecule has 0 radical (unpaired) electrons. The summed E-state index contributed by atoms with van der Waals surface area (Å²) in [6, 6.07) is 12.1. The van der Waals surface area contributed by atoms with E-state index >= 15 is 0 Å². The van der Waals surface area contributed by atoms with Crippen LogP contribution in [0.1, 0.15) is 19.3 Å². The predicted molar refractivity (Wildman–Crippen MR) is 69.9 cm³/mol. The van der Waals surface area contributed by atoms with Gasteiger partial charge in [-0.15, -0.1) is 0 Å². The number of nitrogens with one attached hydrogen (secondary N) is 1. The topological polar surface area (TPSA) is 56.1 Å². The molecule has 18 heavy (non-hydrogen) atoms. The maximum Gasteiger partial charge on any atom is 0.242 e. The quantitative estimate of drug-likeness (QED) is 0.831. The summed E-state index contributed by atoms with van der Waals surface area (Å²) in [6.07, 6.45) is 2.55. The van der Waals surface area contributed by atoms with E-state index in [1.165, 1.54) is 0 Å². The number of hydrogen-bond donors (Lipinski definition) is 1. The molecule has 2 rings (SSSR count). The first-order chi connectivity index (χ1) is 8.81. The average molecular weight is 243 g/mol. The van der Waals surface area contributed by atoms with Crippen molar-refractivity contribution in [3.63, 3.8) is 0 Å². The van der Waals surface area contributed by atoms with Crippen molar-refractivity contribution in [2.24, 2.45) is 0 Å². The Hall–Kier alpha value is -2.02. The molecule has 1 saturated carbocycles. The van der Waals surface area contributed by atoms with E-state index in [2.05, 4.69) is 11.4 Å². The third-order valence-corrected chi connectivity index (χ3v) is 2.99. The van der Waals surface area contributed by atoms with Crippen LogP contribution >= 0.6 is 0 Å². The Bertz CT molecular complexity index is 434. The second-order valence-corrected chi connectivity index (χ2v) is 4.45. The zero-order valence-corrected chi connectivity index (χ0v) is 10.3. The van der Waals surface area contributed by atoms with Gasteiger partial charge in [0, 0.05) is 18.3 Å². The molecule has 1 aliphatic rings. The van der Waals surface area contributed by atoms with E-state index in [1.807, 2.05) is 35.2 Å². The van der Waals surface area contributed by atoms with Gasteiger partial charge in [-0.1, -0.05) is 18.2 Å². The zero-order valence-electron chi connectivity index (χ0n) is 10.3. The van der Waals surface area contributed by atoms with Gasteiger partial charge >= 0.3 is 0 Å². The van der Waals surface area contributed by atoms with E-state index in [4.69, 9.17) is 5.26 Å². The molecular formula is C14H17N3O. The summed E-state index contributed by atoms with van der Waals surface area (Å²) in [4.78, 5) is 13.9. The molecule has 0 saturated heterocycles. The Kier molecular flexibility index (Phi) is 4.19. The number of nitrogens with zero attached hydrogens (tertiary/aromatic N) is 2. The van der Waals surface area contributed by atoms with Gasteiger partial charge in [0.2, 0.25) is 5.91 Å². The highest BCUT2D eigenvalue weighted by molar-refractivity contribution is 5.81. The van der Waals surface area contributed by atoms with Crippen molar-refractivity contribution in [1.29, 1.82) is 5.26 Å². The van der Waals surface area contributed by atoms with Gasteiger partial charge in [-0.2, -0.15) is 5.26 Å². The lowest BCUT2D eigenvalue weighted by molar-refractivity contribution is -0.129. The lowest BCUT2D eigenvalue weighted by Crippen LogP contribution is -2.37. The molecule has 0 atom stereocenters. The molecule has 0 aliphatic heterocycles. The summed E-state index contributed by atoms with van der Waals surface area (Å²) in [5.74, 6) is 0.0802. The highest BCUT2D eigenvalue weighted by atomic mass is 16.2. The molecule has 4 nitrogen and oxygen atoms in total. The molecule has 1 aromatic rings. The summed E-state index contributed by atoms with van der Waals surface area (Å²) in [6.45, 7) is 0.850. The van der Waals surface area contributed by atoms with E-state index in [0.717, 1.165) is 18.5 Å². The van der Waals surface area contributed by atoms with Crippen molar-refractivity contribution >= 4 is 11.6 Å². The van der Waals surface area contributed by atoms with Crippen molar-refractivity contribution in [3.05, 3.63) is 30.3 Å². The van der Waals surface area contributed by atoms with Crippen molar-refractivity contribution in [1.82, 2.24) is 4.90 Å². The minimum atomic E-state index is 0.0802. The summed E-state index contributed by atoms with van der Waals surface area (Å²) < 4.78 is 0. The van der Waals surface area contributed by atoms with Gasteiger partial charge in [0.15, 0.2) is 0 Å². The van der Waals surface area contributed by atoms with Crippen LogP contribution in [0.4, 0.5) is 5.69 Å². The lowest BCUT2D eigenvalue weighted by Gasteiger charge is -2.21. The smallest absolute Gasteiger partial charge is 0.242 e. The highest BCUT2D eigenvalue weighted by Gasteiger charge is 2.31. The fourth-order valence-electron chi connectivity index (χ4n) is 1.90. The van der Waals surface area contributed by atoms with Crippen LogP contribution in [-0.4, -0.2) is 29.9 Å². The molecule has 0 aromatic heterocycles. The third-order valence-electron chi connectivity index (χ3n) is 2.99. The van der Waals surface area contributed by atoms with E-state index < -0.39 is 0 Å². The van der Waals surface area contributed by atoms with E-state index in [-0.39, 0.29) is 5.91 Å². The maximum atomic E-state index is 12.1. The Labute approximate surface area is 107 Å². The monoisotopic (exact) mass is 243 g/mol. The number of para-hydroxylation sites is 1. The predicted octanol–water partition coefficient (Wildman–Crippen LogP) is 2.00. The first-order valence-corrected chi connectivity index (χ1v) is 6.26. The second kappa shape index (κ2) is 6.06. The fraction of sp³-hybridized carbons (Fsp3) is 0.429. The van der Waals surface area contributed by atoms with Gasteiger partial charge in [-0.25, -0.2) is 0 Å². The molecule has 4 heteroatoms. The molecular weight excluding hydrogens is 226 g/mol. The minimum Gasteiger partial charge on any atom is -0.376 e. The number of nitriles is 1. The molecule has 94 valence electrons. The van der Waals surface area contributed by atoms with Gasteiger partial charge in [-0.3, -0.25) is 4.79 Å². The molecule has 0 unspecified atom stereocenters. The van der Waals surface area contributed by atoms with Gasteiger partial charge in [0.1, 0.15) is 0 Å². The summed E-state index contributed by atoms with van der Waals surface area (Å²) in [5, 5.41) is 11.7. The number of benzene rings is 1. The number of hydrogen-bond acceptors (Lipinski definition) is 3. The summed E-state index contributed by atoms with van der Waals surface area (Å²) >= 11 is 0. The number of anilines is 1. The molecule has 1 N–H and O–H groups in total. The van der Waals surface area contributed by atoms with Crippen LogP contribution in [0.5, 0.6) is 0 Å². The molecule has 0 spiro atoms. The largest absolute Gasteiger partial charge is 0.376 e. The molecule has 1 amide bonds. The standard InChI is InChI=1S/C14H17N3O/c15-9-4-10-17(13-7-8-13)14(18)11-16-12-5-2-1-3-6-12/h1-3,5-6,13,16H,4,7-8,10-11H2. The van der Waals surface area contributed by atoms with Crippen LogP contribution in [0.25, 0.3) is 0 Å². The van der Waals surface area contributed by atoms with E-state index in [1.54, 1.807) is 0 Å². The molecule has 1 aromatic carbocycles. The maximum absolute atomic E-state index is 12.1. The highest BCUT2D eigenvalue weighted by Crippen LogP contribution is 2.27. The first kappa shape index (κ1) is 12.4. The normalized spacial score (nSPS) is 13.7. The van der Waals surface area contributed by atoms with Crippen LogP contribution in [0.3, 0.4) is 0 Å². The van der Waals surface area contributed by atoms with Gasteiger partial charge in [0.05, 0.1) is 19.0 Å². The summed E-state index contributed by atoms with van der Waals surface area (Å²) in [7, 11) is 0.